The summed E-state index contributed by atoms with van der Waals surface area (Å²) in [5.41, 5.74) is 0.860. The summed E-state index contributed by atoms with van der Waals surface area (Å²) >= 11 is 1.42. The Morgan fingerprint density at radius 1 is 1.20 bits per heavy atom. The summed E-state index contributed by atoms with van der Waals surface area (Å²) in [6, 6.07) is 3.29. The highest BCUT2D eigenvalue weighted by Gasteiger charge is 2.34. The van der Waals surface area contributed by atoms with Crippen LogP contribution in [0.15, 0.2) is 21.9 Å². The van der Waals surface area contributed by atoms with Gasteiger partial charge < -0.3 is 4.42 Å². The maximum atomic E-state index is 11.7. The van der Waals surface area contributed by atoms with Gasteiger partial charge in [-0.05, 0) is 24.4 Å². The number of furan rings is 1. The van der Waals surface area contributed by atoms with E-state index < -0.39 is 11.6 Å². The SMILES string of the molecule is Cc1cc2c(o1)-c1sccc1C(=O)C2=O. The van der Waals surface area contributed by atoms with Gasteiger partial charge in [-0.15, -0.1) is 11.3 Å². The quantitative estimate of drug-likeness (QED) is 0.639. The number of hydrogen-bond donors (Lipinski definition) is 0. The van der Waals surface area contributed by atoms with E-state index >= 15 is 0 Å². The predicted molar refractivity (Wildman–Crippen MR) is 55.4 cm³/mol. The molecule has 0 saturated carbocycles. The minimum Gasteiger partial charge on any atom is -0.460 e. The molecule has 0 aromatic carbocycles. The Labute approximate surface area is 89.3 Å². The number of carbonyl (C=O) groups is 2. The third kappa shape index (κ3) is 0.995. The zero-order valence-corrected chi connectivity index (χ0v) is 8.68. The average Bonchev–Trinajstić information content (AvgIpc) is 2.79. The Bertz CT molecular complexity index is 589. The Morgan fingerprint density at radius 2 is 1.93 bits per heavy atom. The molecule has 74 valence electrons. The van der Waals surface area contributed by atoms with Crippen LogP contribution in [0.1, 0.15) is 26.5 Å². The number of aryl methyl sites for hydroxylation is 1. The summed E-state index contributed by atoms with van der Waals surface area (Å²) in [6.45, 7) is 1.77. The Morgan fingerprint density at radius 3 is 2.73 bits per heavy atom. The fourth-order valence-corrected chi connectivity index (χ4v) is 2.65. The molecule has 2 aromatic heterocycles. The average molecular weight is 218 g/mol. The maximum absolute atomic E-state index is 11.7. The number of Topliss-reactive ketones (excluding diaryl/α,β-unsaturated/α-hetero) is 2. The van der Waals surface area contributed by atoms with Gasteiger partial charge >= 0.3 is 0 Å². The summed E-state index contributed by atoms with van der Waals surface area (Å²) in [6.07, 6.45) is 0. The van der Waals surface area contributed by atoms with E-state index in [1.54, 1.807) is 24.4 Å². The van der Waals surface area contributed by atoms with E-state index in [2.05, 4.69) is 0 Å². The van der Waals surface area contributed by atoms with Crippen molar-refractivity contribution in [1.29, 1.82) is 0 Å². The number of fused-ring (bicyclic) bond motifs is 3. The van der Waals surface area contributed by atoms with Crippen LogP contribution in [0.5, 0.6) is 0 Å². The largest absolute Gasteiger partial charge is 0.460 e. The molecule has 3 rings (SSSR count). The summed E-state index contributed by atoms with van der Waals surface area (Å²) in [7, 11) is 0. The summed E-state index contributed by atoms with van der Waals surface area (Å²) < 4.78 is 5.45. The third-order valence-corrected chi connectivity index (χ3v) is 3.34. The van der Waals surface area contributed by atoms with E-state index in [4.69, 9.17) is 4.42 Å². The molecule has 0 fully saturated rings. The fourth-order valence-electron chi connectivity index (χ4n) is 1.76. The second-order valence-corrected chi connectivity index (χ2v) is 4.34. The monoisotopic (exact) mass is 218 g/mol. The minimum absolute atomic E-state index is 0.396. The van der Waals surface area contributed by atoms with Crippen LogP contribution in [0, 0.1) is 6.92 Å². The first-order chi connectivity index (χ1) is 7.18. The van der Waals surface area contributed by atoms with E-state index in [0.29, 0.717) is 22.6 Å². The number of rotatable bonds is 0. The Hall–Kier alpha value is -1.68. The van der Waals surface area contributed by atoms with Gasteiger partial charge in [-0.1, -0.05) is 0 Å². The lowest BCUT2D eigenvalue weighted by Crippen LogP contribution is -2.18. The molecular weight excluding hydrogens is 212 g/mol. The topological polar surface area (TPSA) is 47.3 Å². The lowest BCUT2D eigenvalue weighted by Gasteiger charge is -2.07. The Kier molecular flexibility index (Phi) is 1.53. The van der Waals surface area contributed by atoms with Crippen molar-refractivity contribution in [2.75, 3.05) is 0 Å². The standard InChI is InChI=1S/C11H6O3S/c1-5-4-7-9(13)8(12)6-2-3-15-11(6)10(7)14-5/h2-4H,1H3. The van der Waals surface area contributed by atoms with Crippen molar-refractivity contribution in [3.8, 4) is 10.6 Å². The van der Waals surface area contributed by atoms with Gasteiger partial charge in [-0.3, -0.25) is 9.59 Å². The molecule has 4 heteroatoms. The second kappa shape index (κ2) is 2.67. The molecule has 0 unspecified atom stereocenters. The van der Waals surface area contributed by atoms with Crippen LogP contribution in [-0.2, 0) is 0 Å². The highest BCUT2D eigenvalue weighted by atomic mass is 32.1. The van der Waals surface area contributed by atoms with Gasteiger partial charge in [0.2, 0.25) is 11.6 Å². The summed E-state index contributed by atoms with van der Waals surface area (Å²) in [5.74, 6) is 0.303. The molecule has 0 amide bonds. The van der Waals surface area contributed by atoms with Gasteiger partial charge in [0.25, 0.3) is 0 Å². The number of carbonyl (C=O) groups excluding carboxylic acids is 2. The van der Waals surface area contributed by atoms with Crippen LogP contribution >= 0.6 is 11.3 Å². The van der Waals surface area contributed by atoms with E-state index in [1.165, 1.54) is 11.3 Å². The van der Waals surface area contributed by atoms with Gasteiger partial charge in [-0.25, -0.2) is 0 Å². The highest BCUT2D eigenvalue weighted by molar-refractivity contribution is 7.14. The van der Waals surface area contributed by atoms with Crippen molar-refractivity contribution >= 4 is 22.9 Å². The first-order valence-corrected chi connectivity index (χ1v) is 5.34. The molecule has 0 spiro atoms. The smallest absolute Gasteiger partial charge is 0.237 e. The van der Waals surface area contributed by atoms with Crippen molar-refractivity contribution < 1.29 is 14.0 Å². The molecule has 1 aliphatic carbocycles. The van der Waals surface area contributed by atoms with E-state index in [1.807, 2.05) is 0 Å². The molecule has 15 heavy (non-hydrogen) atoms. The number of ketones is 2. The number of thiophene rings is 1. The van der Waals surface area contributed by atoms with Gasteiger partial charge in [0.05, 0.1) is 10.4 Å². The molecule has 0 bridgehead atoms. The molecule has 3 nitrogen and oxygen atoms in total. The number of hydrogen-bond acceptors (Lipinski definition) is 4. The van der Waals surface area contributed by atoms with Crippen molar-refractivity contribution in [1.82, 2.24) is 0 Å². The van der Waals surface area contributed by atoms with Crippen LogP contribution < -0.4 is 0 Å². The molecule has 0 atom stereocenters. The van der Waals surface area contributed by atoms with Crippen molar-refractivity contribution in [3.05, 3.63) is 34.4 Å². The second-order valence-electron chi connectivity index (χ2n) is 3.42. The minimum atomic E-state index is -0.465. The van der Waals surface area contributed by atoms with Crippen LogP contribution in [0.4, 0.5) is 0 Å². The molecule has 2 aromatic rings. The summed E-state index contributed by atoms with van der Waals surface area (Å²) in [4.78, 5) is 24.1. The van der Waals surface area contributed by atoms with Crippen LogP contribution in [0.2, 0.25) is 0 Å². The van der Waals surface area contributed by atoms with Crippen molar-refractivity contribution in [3.63, 3.8) is 0 Å². The van der Waals surface area contributed by atoms with Gasteiger partial charge in [0, 0.05) is 5.56 Å². The van der Waals surface area contributed by atoms with Crippen LogP contribution in [-0.4, -0.2) is 11.6 Å². The van der Waals surface area contributed by atoms with Crippen molar-refractivity contribution in [2.24, 2.45) is 0 Å². The van der Waals surface area contributed by atoms with Gasteiger partial charge in [-0.2, -0.15) is 0 Å². The van der Waals surface area contributed by atoms with Crippen LogP contribution in [0.3, 0.4) is 0 Å². The fraction of sp³-hybridized carbons (Fsp3) is 0.0909. The molecule has 2 heterocycles. The zero-order valence-electron chi connectivity index (χ0n) is 7.87. The predicted octanol–water partition coefficient (Wildman–Crippen LogP) is 2.70. The molecule has 0 aliphatic heterocycles. The third-order valence-electron chi connectivity index (χ3n) is 2.42. The normalized spacial score (nSPS) is 13.9. The van der Waals surface area contributed by atoms with Crippen LogP contribution in [0.25, 0.3) is 10.6 Å². The zero-order chi connectivity index (χ0) is 10.6. The molecule has 0 radical (unpaired) electrons. The molecule has 1 aliphatic rings. The lowest BCUT2D eigenvalue weighted by atomic mass is 9.95. The summed E-state index contributed by atoms with van der Waals surface area (Å²) in [5, 5.41) is 1.79. The van der Waals surface area contributed by atoms with E-state index in [9.17, 15) is 9.59 Å². The molecule has 0 N–H and O–H groups in total. The highest BCUT2D eigenvalue weighted by Crippen LogP contribution is 2.38. The molecular formula is C11H6O3S. The van der Waals surface area contributed by atoms with Crippen molar-refractivity contribution in [2.45, 2.75) is 6.92 Å². The maximum Gasteiger partial charge on any atom is 0.237 e. The Balaban J connectivity index is 2.41. The van der Waals surface area contributed by atoms with Gasteiger partial charge in [0.15, 0.2) is 5.76 Å². The lowest BCUT2D eigenvalue weighted by molar-refractivity contribution is 0.0815. The molecule has 0 saturated heterocycles. The van der Waals surface area contributed by atoms with E-state index in [0.717, 1.165) is 4.88 Å². The first-order valence-electron chi connectivity index (χ1n) is 4.46. The van der Waals surface area contributed by atoms with E-state index in [-0.39, 0.29) is 0 Å². The van der Waals surface area contributed by atoms with Gasteiger partial charge in [0.1, 0.15) is 5.76 Å². The first kappa shape index (κ1) is 8.61.